The molecular formula is C14H16NP2S+. The molecule has 0 saturated carbocycles. The zero-order valence-corrected chi connectivity index (χ0v) is 13.1. The van der Waals surface area contributed by atoms with Crippen molar-refractivity contribution in [2.75, 3.05) is 13.3 Å². The Balaban J connectivity index is 2.63. The van der Waals surface area contributed by atoms with Crippen LogP contribution in [0.1, 0.15) is 0 Å². The second-order valence-electron chi connectivity index (χ2n) is 4.18. The molecule has 0 radical (unpaired) electrons. The van der Waals surface area contributed by atoms with E-state index in [9.17, 15) is 0 Å². The van der Waals surface area contributed by atoms with Crippen molar-refractivity contribution in [1.82, 2.24) is 0 Å². The SMILES string of the molecule is C[P+](C)=NP(=S)(c1ccccc1)c1ccccc1. The lowest BCUT2D eigenvalue weighted by molar-refractivity contribution is 1.73. The van der Waals surface area contributed by atoms with Crippen molar-refractivity contribution in [3.8, 4) is 0 Å². The second kappa shape index (κ2) is 5.89. The highest BCUT2D eigenvalue weighted by molar-refractivity contribution is 8.22. The maximum Gasteiger partial charge on any atom is 0.199 e. The lowest BCUT2D eigenvalue weighted by atomic mass is 10.4. The maximum absolute atomic E-state index is 5.97. The van der Waals surface area contributed by atoms with E-state index >= 15 is 0 Å². The van der Waals surface area contributed by atoms with Gasteiger partial charge in [-0.1, -0.05) is 77.0 Å². The molecule has 0 bridgehead atoms. The molecule has 92 valence electrons. The van der Waals surface area contributed by atoms with E-state index in [2.05, 4.69) is 37.6 Å². The topological polar surface area (TPSA) is 12.4 Å². The largest absolute Gasteiger partial charge is 0.199 e. The van der Waals surface area contributed by atoms with E-state index in [1.165, 1.54) is 10.6 Å². The minimum absolute atomic E-state index is 0.365. The Kier molecular flexibility index (Phi) is 4.45. The highest BCUT2D eigenvalue weighted by Gasteiger charge is 2.24. The first-order valence-corrected chi connectivity index (χ1v) is 10.7. The van der Waals surface area contributed by atoms with Gasteiger partial charge < -0.3 is 0 Å². The number of hydrogen-bond donors (Lipinski definition) is 0. The van der Waals surface area contributed by atoms with Gasteiger partial charge in [0.25, 0.3) is 0 Å². The standard InChI is InChI=1S/C14H16NP2S/c1-16(2)15-17(18,13-9-5-3-6-10-13)14-11-7-4-8-12-14/h3-12H,1-2H3/q+1. The fraction of sp³-hybridized carbons (Fsp3) is 0.143. The summed E-state index contributed by atoms with van der Waals surface area (Å²) >= 11 is 5.97. The van der Waals surface area contributed by atoms with E-state index in [4.69, 9.17) is 16.3 Å². The van der Waals surface area contributed by atoms with Crippen molar-refractivity contribution in [2.24, 2.45) is 4.52 Å². The molecule has 0 aliphatic carbocycles. The minimum atomic E-state index is -1.99. The fourth-order valence-corrected chi connectivity index (χ4v) is 8.10. The Bertz CT molecular complexity index is 546. The van der Waals surface area contributed by atoms with E-state index in [0.29, 0.717) is 0 Å². The zero-order chi connectivity index (χ0) is 13.0. The first-order chi connectivity index (χ1) is 8.63. The summed E-state index contributed by atoms with van der Waals surface area (Å²) in [6, 6.07) is 20.7. The van der Waals surface area contributed by atoms with Crippen LogP contribution in [0.4, 0.5) is 0 Å². The third-order valence-corrected chi connectivity index (χ3v) is 8.87. The van der Waals surface area contributed by atoms with Crippen LogP contribution in [0.25, 0.3) is 0 Å². The van der Waals surface area contributed by atoms with Gasteiger partial charge in [-0.05, 0) is 0 Å². The lowest BCUT2D eigenvalue weighted by Crippen LogP contribution is -2.13. The maximum atomic E-state index is 5.97. The Morgan fingerprint density at radius 3 is 1.56 bits per heavy atom. The van der Waals surface area contributed by atoms with Crippen LogP contribution in [0.3, 0.4) is 0 Å². The van der Waals surface area contributed by atoms with Gasteiger partial charge in [-0.2, -0.15) is 0 Å². The number of benzene rings is 2. The van der Waals surface area contributed by atoms with Crippen LogP contribution in [0.5, 0.6) is 0 Å². The Labute approximate surface area is 115 Å². The summed E-state index contributed by atoms with van der Waals surface area (Å²) in [5, 5.41) is 2.37. The lowest BCUT2D eigenvalue weighted by Gasteiger charge is -2.15. The van der Waals surface area contributed by atoms with Crippen molar-refractivity contribution in [2.45, 2.75) is 0 Å². The number of rotatable bonds is 3. The summed E-state index contributed by atoms with van der Waals surface area (Å²) < 4.78 is 4.94. The first-order valence-electron chi connectivity index (χ1n) is 5.75. The molecule has 2 aromatic rings. The van der Waals surface area contributed by atoms with Crippen molar-refractivity contribution < 1.29 is 0 Å². The molecule has 0 saturated heterocycles. The van der Waals surface area contributed by atoms with Gasteiger partial charge in [-0.15, -0.1) is 0 Å². The van der Waals surface area contributed by atoms with Crippen LogP contribution < -0.4 is 10.6 Å². The van der Waals surface area contributed by atoms with Crippen LogP contribution in [-0.4, -0.2) is 13.3 Å². The monoisotopic (exact) mass is 292 g/mol. The summed E-state index contributed by atoms with van der Waals surface area (Å²) in [5.74, 6) is 0. The van der Waals surface area contributed by atoms with E-state index in [0.717, 1.165) is 0 Å². The molecule has 0 aliphatic rings. The summed E-state index contributed by atoms with van der Waals surface area (Å²) in [6.45, 7) is 4.31. The highest BCUT2D eigenvalue weighted by atomic mass is 32.4. The Morgan fingerprint density at radius 2 is 1.22 bits per heavy atom. The molecule has 0 aliphatic heterocycles. The van der Waals surface area contributed by atoms with Gasteiger partial charge in [0.05, 0.1) is 0 Å². The molecule has 0 unspecified atom stereocenters. The summed E-state index contributed by atoms with van der Waals surface area (Å²) in [6.07, 6.45) is -1.99. The number of nitrogens with zero attached hydrogens (tertiary/aromatic N) is 1. The smallest absolute Gasteiger partial charge is 0.0721 e. The van der Waals surface area contributed by atoms with E-state index in [-0.39, 0.29) is 7.71 Å². The van der Waals surface area contributed by atoms with E-state index in [1.54, 1.807) is 0 Å². The van der Waals surface area contributed by atoms with E-state index < -0.39 is 6.19 Å². The normalized spacial score (nSPS) is 11.0. The molecule has 0 amide bonds. The van der Waals surface area contributed by atoms with Gasteiger partial charge >= 0.3 is 0 Å². The van der Waals surface area contributed by atoms with Crippen LogP contribution in [0.2, 0.25) is 0 Å². The Hall–Kier alpha value is -0.810. The summed E-state index contributed by atoms with van der Waals surface area (Å²) in [4.78, 5) is 0. The molecule has 1 nitrogen and oxygen atoms in total. The summed E-state index contributed by atoms with van der Waals surface area (Å²) in [7, 11) is -0.365. The van der Waals surface area contributed by atoms with Gasteiger partial charge in [0.1, 0.15) is 13.3 Å². The van der Waals surface area contributed by atoms with Gasteiger partial charge in [0.15, 0.2) is 13.9 Å². The van der Waals surface area contributed by atoms with Crippen LogP contribution in [0.15, 0.2) is 65.2 Å². The van der Waals surface area contributed by atoms with Crippen LogP contribution >= 0.6 is 13.9 Å². The molecule has 0 fully saturated rings. The molecule has 2 rings (SSSR count). The van der Waals surface area contributed by atoms with E-state index in [1.807, 2.05) is 36.4 Å². The fourth-order valence-electron chi connectivity index (χ4n) is 1.76. The van der Waals surface area contributed by atoms with Crippen molar-refractivity contribution in [1.29, 1.82) is 0 Å². The zero-order valence-electron chi connectivity index (χ0n) is 10.5. The quantitative estimate of drug-likeness (QED) is 0.780. The third-order valence-electron chi connectivity index (χ3n) is 2.52. The molecule has 0 N–H and O–H groups in total. The molecule has 4 heteroatoms. The molecule has 0 atom stereocenters. The number of hydrogen-bond acceptors (Lipinski definition) is 1. The third kappa shape index (κ3) is 2.95. The average molecular weight is 292 g/mol. The predicted octanol–water partition coefficient (Wildman–Crippen LogP) is 3.96. The minimum Gasteiger partial charge on any atom is -0.0721 e. The van der Waals surface area contributed by atoms with Gasteiger partial charge in [-0.25, -0.2) is 0 Å². The summed E-state index contributed by atoms with van der Waals surface area (Å²) in [5.41, 5.74) is 0. The van der Waals surface area contributed by atoms with Gasteiger partial charge in [0.2, 0.25) is 0 Å². The van der Waals surface area contributed by atoms with Crippen molar-refractivity contribution >= 4 is 36.3 Å². The average Bonchev–Trinajstić information content (AvgIpc) is 2.40. The van der Waals surface area contributed by atoms with Crippen LogP contribution in [0, 0.1) is 0 Å². The Morgan fingerprint density at radius 1 is 0.833 bits per heavy atom. The van der Waals surface area contributed by atoms with Crippen molar-refractivity contribution in [3.63, 3.8) is 0 Å². The first kappa shape index (κ1) is 13.6. The van der Waals surface area contributed by atoms with Crippen LogP contribution in [-0.2, 0) is 11.8 Å². The van der Waals surface area contributed by atoms with Crippen molar-refractivity contribution in [3.05, 3.63) is 60.7 Å². The second-order valence-corrected chi connectivity index (χ2v) is 10.4. The molecule has 0 aromatic heterocycles. The molecule has 0 spiro atoms. The molecule has 18 heavy (non-hydrogen) atoms. The molecule has 2 aromatic carbocycles. The van der Waals surface area contributed by atoms with Gasteiger partial charge in [-0.3, -0.25) is 0 Å². The highest BCUT2D eigenvalue weighted by Crippen LogP contribution is 2.49. The predicted molar refractivity (Wildman–Crippen MR) is 87.6 cm³/mol. The molecular weight excluding hydrogens is 276 g/mol. The van der Waals surface area contributed by atoms with Gasteiger partial charge in [0, 0.05) is 10.6 Å². The molecule has 0 heterocycles.